The minimum absolute atomic E-state index is 0.00961. The molecule has 0 amide bonds. The molecule has 2 fully saturated rings. The highest BCUT2D eigenvalue weighted by molar-refractivity contribution is 5.84. The molecule has 0 saturated carbocycles. The zero-order valence-electron chi connectivity index (χ0n) is 25.0. The van der Waals surface area contributed by atoms with E-state index < -0.39 is 0 Å². The molecule has 2 aromatic rings. The van der Waals surface area contributed by atoms with Gasteiger partial charge in [-0.15, -0.1) is 0 Å². The number of benzene rings is 1. The monoisotopic (exact) mass is 568 g/mol. The zero-order chi connectivity index (χ0) is 29.8. The molecule has 0 bridgehead atoms. The number of hydrogen-bond donors (Lipinski definition) is 2. The second-order valence-electron chi connectivity index (χ2n) is 11.3. The van der Waals surface area contributed by atoms with Crippen LogP contribution in [0.5, 0.6) is 11.5 Å². The van der Waals surface area contributed by atoms with Gasteiger partial charge in [-0.3, -0.25) is 9.59 Å². The number of ether oxygens (including phenoxy) is 3. The van der Waals surface area contributed by atoms with Crippen LogP contribution in [0.15, 0.2) is 18.2 Å². The van der Waals surface area contributed by atoms with Gasteiger partial charge in [0.2, 0.25) is 0 Å². The van der Waals surface area contributed by atoms with E-state index in [4.69, 9.17) is 14.6 Å². The molecule has 0 unspecified atom stereocenters. The van der Waals surface area contributed by atoms with Gasteiger partial charge in [-0.05, 0) is 77.4 Å². The first-order valence-electron chi connectivity index (χ1n) is 14.2. The van der Waals surface area contributed by atoms with Crippen molar-refractivity contribution >= 4 is 18.1 Å². The second-order valence-corrected chi connectivity index (χ2v) is 11.3. The zero-order valence-corrected chi connectivity index (χ0v) is 25.0. The Labute approximate surface area is 243 Å². The summed E-state index contributed by atoms with van der Waals surface area (Å²) in [5, 5.41) is 21.6. The number of ketones is 1. The molecule has 3 heterocycles. The Morgan fingerprint density at radius 1 is 1.17 bits per heavy atom. The number of anilines is 1. The van der Waals surface area contributed by atoms with Gasteiger partial charge in [0.05, 0.1) is 32.4 Å². The summed E-state index contributed by atoms with van der Waals surface area (Å²) in [5.41, 5.74) is 1.51. The lowest BCUT2D eigenvalue weighted by atomic mass is 10.0. The number of nitrogens with one attached hydrogen (secondary N) is 2. The minimum atomic E-state index is -0.318. The fourth-order valence-corrected chi connectivity index (χ4v) is 4.93. The maximum absolute atomic E-state index is 13.0. The van der Waals surface area contributed by atoms with Crippen molar-refractivity contribution in [2.24, 2.45) is 0 Å². The molecule has 11 heteroatoms. The standard InChI is InChI=1S/C25H34N6O3.C5H10O2/c1-33-21-12-18(13-22(15-21)34-2)11-20(32)14-24-23(16-26)25(28-7-10-30-8-3-4-9-30)31(29-24)19-5-6-27-17-19;1-5(2,3)7-4-6/h12-13,15,19,27-28H,3-11,14,17H2,1-2H3;4H,1-3H3/t19-;/m0./s1. The largest absolute Gasteiger partial charge is 0.497 e. The van der Waals surface area contributed by atoms with E-state index in [0.717, 1.165) is 57.1 Å². The summed E-state index contributed by atoms with van der Waals surface area (Å²) in [7, 11) is 3.17. The summed E-state index contributed by atoms with van der Waals surface area (Å²) in [5.74, 6) is 2.01. The molecule has 2 aliphatic heterocycles. The molecule has 41 heavy (non-hydrogen) atoms. The lowest BCUT2D eigenvalue weighted by Crippen LogP contribution is -2.27. The highest BCUT2D eigenvalue weighted by Gasteiger charge is 2.26. The fraction of sp³-hybridized carbons (Fsp3) is 0.600. The van der Waals surface area contributed by atoms with Gasteiger partial charge in [0.15, 0.2) is 0 Å². The highest BCUT2D eigenvalue weighted by atomic mass is 16.5. The summed E-state index contributed by atoms with van der Waals surface area (Å²) in [6.45, 7) is 11.6. The van der Waals surface area contributed by atoms with E-state index in [1.165, 1.54) is 12.8 Å². The SMILES string of the molecule is CC(C)(C)OC=O.COc1cc(CC(=O)Cc2nn([C@H]3CCNC3)c(NCCN3CCCC3)c2C#N)cc(OC)c1. The third-order valence-corrected chi connectivity index (χ3v) is 6.97. The molecule has 224 valence electrons. The van der Waals surface area contributed by atoms with Gasteiger partial charge in [-0.25, -0.2) is 4.68 Å². The molecule has 1 aromatic carbocycles. The van der Waals surface area contributed by atoms with Crippen LogP contribution in [-0.2, 0) is 27.2 Å². The van der Waals surface area contributed by atoms with Gasteiger partial charge in [0.25, 0.3) is 6.47 Å². The van der Waals surface area contributed by atoms with Gasteiger partial charge in [0, 0.05) is 32.1 Å². The number of nitriles is 1. The first-order chi connectivity index (χ1) is 19.7. The molecule has 4 rings (SSSR count). The van der Waals surface area contributed by atoms with Crippen LogP contribution in [-0.4, -0.2) is 86.0 Å². The third-order valence-electron chi connectivity index (χ3n) is 6.97. The number of rotatable bonds is 12. The Morgan fingerprint density at radius 3 is 2.37 bits per heavy atom. The topological polar surface area (TPSA) is 131 Å². The predicted molar refractivity (Wildman–Crippen MR) is 156 cm³/mol. The van der Waals surface area contributed by atoms with E-state index >= 15 is 0 Å². The summed E-state index contributed by atoms with van der Waals surface area (Å²) in [6, 6.07) is 7.94. The summed E-state index contributed by atoms with van der Waals surface area (Å²) in [6.07, 6.45) is 3.77. The number of Topliss-reactive ketones (excluding diaryl/α,β-unsaturated/α-hetero) is 1. The second kappa shape index (κ2) is 15.4. The lowest BCUT2D eigenvalue weighted by Gasteiger charge is -2.18. The van der Waals surface area contributed by atoms with Crippen molar-refractivity contribution in [1.29, 1.82) is 5.26 Å². The van der Waals surface area contributed by atoms with E-state index in [9.17, 15) is 14.9 Å². The van der Waals surface area contributed by atoms with Crippen LogP contribution in [0.3, 0.4) is 0 Å². The van der Waals surface area contributed by atoms with Crippen molar-refractivity contribution in [2.45, 2.75) is 64.5 Å². The molecule has 2 N–H and O–H groups in total. The molecule has 1 aromatic heterocycles. The van der Waals surface area contributed by atoms with Crippen LogP contribution in [0.2, 0.25) is 0 Å². The predicted octanol–water partition coefficient (Wildman–Crippen LogP) is 3.13. The maximum atomic E-state index is 13.0. The van der Waals surface area contributed by atoms with Crippen molar-refractivity contribution in [3.8, 4) is 17.6 Å². The highest BCUT2D eigenvalue weighted by Crippen LogP contribution is 2.28. The number of methoxy groups -OCH3 is 2. The number of likely N-dealkylation sites (tertiary alicyclic amines) is 1. The molecule has 2 aliphatic rings. The average Bonchev–Trinajstić information content (AvgIpc) is 3.70. The molecular formula is C30H44N6O5. The quantitative estimate of drug-likeness (QED) is 0.368. The van der Waals surface area contributed by atoms with Gasteiger partial charge in [-0.1, -0.05) is 0 Å². The van der Waals surface area contributed by atoms with Crippen molar-refractivity contribution in [2.75, 3.05) is 58.8 Å². The third kappa shape index (κ3) is 9.76. The summed E-state index contributed by atoms with van der Waals surface area (Å²) < 4.78 is 17.1. The Kier molecular flexibility index (Phi) is 12.0. The molecule has 0 radical (unpaired) electrons. The minimum Gasteiger partial charge on any atom is -0.497 e. The Hall–Kier alpha value is -3.62. The van der Waals surface area contributed by atoms with Gasteiger partial charge in [0.1, 0.15) is 40.3 Å². The van der Waals surface area contributed by atoms with Gasteiger partial charge in [-0.2, -0.15) is 10.4 Å². The van der Waals surface area contributed by atoms with E-state index in [-0.39, 0.29) is 30.3 Å². The van der Waals surface area contributed by atoms with Crippen LogP contribution in [0.4, 0.5) is 5.82 Å². The Bertz CT molecular complexity index is 1160. The molecule has 2 saturated heterocycles. The first kappa shape index (κ1) is 31.9. The Morgan fingerprint density at radius 2 is 1.85 bits per heavy atom. The van der Waals surface area contributed by atoms with Gasteiger partial charge >= 0.3 is 0 Å². The average molecular weight is 569 g/mol. The van der Waals surface area contributed by atoms with E-state index in [1.54, 1.807) is 20.3 Å². The molecule has 1 atom stereocenters. The van der Waals surface area contributed by atoms with Crippen LogP contribution in [0.1, 0.15) is 62.9 Å². The summed E-state index contributed by atoms with van der Waals surface area (Å²) in [4.78, 5) is 25.0. The number of carbonyl (C=O) groups excluding carboxylic acids is 2. The number of aromatic nitrogens is 2. The van der Waals surface area contributed by atoms with E-state index in [1.807, 2.05) is 37.6 Å². The van der Waals surface area contributed by atoms with Crippen molar-refractivity contribution in [1.82, 2.24) is 20.0 Å². The first-order valence-corrected chi connectivity index (χ1v) is 14.2. The lowest BCUT2D eigenvalue weighted by molar-refractivity contribution is -0.138. The number of nitrogens with zero attached hydrogens (tertiary/aromatic N) is 4. The van der Waals surface area contributed by atoms with E-state index in [2.05, 4.69) is 26.3 Å². The Balaban J connectivity index is 0.000000587. The summed E-state index contributed by atoms with van der Waals surface area (Å²) >= 11 is 0. The number of carbonyl (C=O) groups is 2. The van der Waals surface area contributed by atoms with Crippen LogP contribution in [0, 0.1) is 11.3 Å². The normalized spacial score (nSPS) is 16.8. The van der Waals surface area contributed by atoms with E-state index in [0.29, 0.717) is 29.2 Å². The fourth-order valence-electron chi connectivity index (χ4n) is 4.93. The molecule has 0 spiro atoms. The van der Waals surface area contributed by atoms with Crippen LogP contribution < -0.4 is 20.1 Å². The number of hydrogen-bond acceptors (Lipinski definition) is 10. The van der Waals surface area contributed by atoms with Crippen LogP contribution >= 0.6 is 0 Å². The molecule has 11 nitrogen and oxygen atoms in total. The maximum Gasteiger partial charge on any atom is 0.293 e. The van der Waals surface area contributed by atoms with Crippen molar-refractivity contribution in [3.63, 3.8) is 0 Å². The smallest absolute Gasteiger partial charge is 0.293 e. The van der Waals surface area contributed by atoms with Crippen molar-refractivity contribution in [3.05, 3.63) is 35.0 Å². The molecule has 0 aliphatic carbocycles. The van der Waals surface area contributed by atoms with Gasteiger partial charge < -0.3 is 29.7 Å². The van der Waals surface area contributed by atoms with Crippen molar-refractivity contribution < 1.29 is 23.8 Å². The molecular weight excluding hydrogens is 524 g/mol. The van der Waals surface area contributed by atoms with Crippen LogP contribution in [0.25, 0.3) is 0 Å².